The van der Waals surface area contributed by atoms with Crippen molar-refractivity contribution in [1.29, 1.82) is 0 Å². The van der Waals surface area contributed by atoms with Crippen LogP contribution in [0.2, 0.25) is 0 Å². The second-order valence-corrected chi connectivity index (χ2v) is 11.1. The second kappa shape index (κ2) is 6.87. The maximum Gasteiger partial charge on any atom is 0.0375 e. The lowest BCUT2D eigenvalue weighted by Crippen LogP contribution is -2.52. The standard InChI is InChI=1S/C25H38S/c1-17(2)6-5-7-19-9-11-22-21-10-8-20-16-18(3)12-15-25(20,26)23(21)13-14-24(19,22)4/h16,19,21-23,26H,1,3,5-15H2,2,4H3. The molecule has 0 aromatic heterocycles. The lowest BCUT2D eigenvalue weighted by molar-refractivity contribution is -0.0148. The minimum Gasteiger partial charge on any atom is -0.168 e. The molecule has 0 N–H and O–H groups in total. The molecular formula is C25H38S. The van der Waals surface area contributed by atoms with Gasteiger partial charge in [-0.3, -0.25) is 0 Å². The Morgan fingerprint density at radius 3 is 2.73 bits per heavy atom. The third-order valence-corrected chi connectivity index (χ3v) is 9.75. The Hall–Kier alpha value is -0.430. The van der Waals surface area contributed by atoms with E-state index in [1.165, 1.54) is 75.4 Å². The van der Waals surface area contributed by atoms with Crippen molar-refractivity contribution in [3.8, 4) is 0 Å². The maximum atomic E-state index is 5.38. The fourth-order valence-electron chi connectivity index (χ4n) is 7.51. The molecule has 0 radical (unpaired) electrons. The zero-order chi connectivity index (χ0) is 18.5. The van der Waals surface area contributed by atoms with Crippen molar-refractivity contribution in [3.63, 3.8) is 0 Å². The molecule has 0 bridgehead atoms. The summed E-state index contributed by atoms with van der Waals surface area (Å²) in [5.74, 6) is 3.63. The Kier molecular flexibility index (Phi) is 5.00. The van der Waals surface area contributed by atoms with Crippen LogP contribution in [0.5, 0.6) is 0 Å². The van der Waals surface area contributed by atoms with Gasteiger partial charge in [-0.25, -0.2) is 0 Å². The highest BCUT2D eigenvalue weighted by Crippen LogP contribution is 2.66. The number of allylic oxidation sites excluding steroid dienone is 3. The SMILES string of the molecule is C=C(C)CCCC1CCC2C3CCC4=CC(=C)CCC4(S)C3CCC12C. The highest BCUT2D eigenvalue weighted by Gasteiger charge is 2.58. The first-order chi connectivity index (χ1) is 12.3. The Labute approximate surface area is 167 Å². The molecule has 26 heavy (non-hydrogen) atoms. The third-order valence-electron chi connectivity index (χ3n) is 8.91. The van der Waals surface area contributed by atoms with Gasteiger partial charge in [-0.15, -0.1) is 6.58 Å². The van der Waals surface area contributed by atoms with Gasteiger partial charge in [-0.05, 0) is 107 Å². The Bertz CT molecular complexity index is 628. The predicted octanol–water partition coefficient (Wildman–Crippen LogP) is 7.53. The lowest BCUT2D eigenvalue weighted by atomic mass is 9.50. The van der Waals surface area contributed by atoms with Crippen LogP contribution in [0, 0.1) is 29.1 Å². The number of rotatable bonds is 4. The normalized spacial score (nSPS) is 44.7. The summed E-state index contributed by atoms with van der Waals surface area (Å²) in [4.78, 5) is 0. The van der Waals surface area contributed by atoms with E-state index < -0.39 is 0 Å². The van der Waals surface area contributed by atoms with E-state index in [0.29, 0.717) is 5.41 Å². The van der Waals surface area contributed by atoms with Crippen LogP contribution in [0.1, 0.15) is 84.5 Å². The van der Waals surface area contributed by atoms with Crippen LogP contribution >= 0.6 is 12.6 Å². The topological polar surface area (TPSA) is 0 Å². The molecule has 0 heterocycles. The van der Waals surface area contributed by atoms with Crippen LogP contribution < -0.4 is 0 Å². The molecule has 6 atom stereocenters. The van der Waals surface area contributed by atoms with Crippen molar-refractivity contribution in [1.82, 2.24) is 0 Å². The van der Waals surface area contributed by atoms with Gasteiger partial charge in [0.25, 0.3) is 0 Å². The summed E-state index contributed by atoms with van der Waals surface area (Å²) >= 11 is 5.38. The summed E-state index contributed by atoms with van der Waals surface area (Å²) < 4.78 is 0.184. The van der Waals surface area contributed by atoms with E-state index in [9.17, 15) is 0 Å². The first-order valence-corrected chi connectivity index (χ1v) is 11.5. The summed E-state index contributed by atoms with van der Waals surface area (Å²) in [7, 11) is 0. The van der Waals surface area contributed by atoms with Crippen LogP contribution in [0.25, 0.3) is 0 Å². The molecule has 0 saturated heterocycles. The largest absolute Gasteiger partial charge is 0.168 e. The molecule has 4 aliphatic carbocycles. The van der Waals surface area contributed by atoms with Gasteiger partial charge in [0.15, 0.2) is 0 Å². The average molecular weight is 371 g/mol. The molecular weight excluding hydrogens is 332 g/mol. The predicted molar refractivity (Wildman–Crippen MR) is 117 cm³/mol. The van der Waals surface area contributed by atoms with E-state index in [1.54, 1.807) is 5.57 Å². The molecule has 3 saturated carbocycles. The fraction of sp³-hybridized carbons (Fsp3) is 0.760. The number of hydrogen-bond donors (Lipinski definition) is 1. The molecule has 1 heteroatoms. The molecule has 4 rings (SSSR count). The smallest absolute Gasteiger partial charge is 0.0375 e. The molecule has 6 unspecified atom stereocenters. The molecule has 0 aromatic rings. The minimum absolute atomic E-state index is 0.184. The van der Waals surface area contributed by atoms with Crippen LogP contribution in [0.15, 0.2) is 36.0 Å². The Morgan fingerprint density at radius 1 is 1.15 bits per heavy atom. The van der Waals surface area contributed by atoms with E-state index in [1.807, 2.05) is 0 Å². The van der Waals surface area contributed by atoms with E-state index in [-0.39, 0.29) is 4.75 Å². The highest BCUT2D eigenvalue weighted by atomic mass is 32.1. The molecule has 0 amide bonds. The first-order valence-electron chi connectivity index (χ1n) is 11.1. The fourth-order valence-corrected chi connectivity index (χ4v) is 8.11. The van der Waals surface area contributed by atoms with Gasteiger partial charge in [0.1, 0.15) is 0 Å². The number of fused-ring (bicyclic) bond motifs is 5. The number of hydrogen-bond acceptors (Lipinski definition) is 1. The quantitative estimate of drug-likeness (QED) is 0.384. The molecule has 0 aliphatic heterocycles. The lowest BCUT2D eigenvalue weighted by Gasteiger charge is -2.58. The molecule has 0 spiro atoms. The molecule has 0 nitrogen and oxygen atoms in total. The maximum absolute atomic E-state index is 5.38. The van der Waals surface area contributed by atoms with Gasteiger partial charge in [-0.1, -0.05) is 36.3 Å². The minimum atomic E-state index is 0.184. The van der Waals surface area contributed by atoms with Crippen LogP contribution in [0.4, 0.5) is 0 Å². The van der Waals surface area contributed by atoms with Crippen molar-refractivity contribution in [2.75, 3.05) is 0 Å². The summed E-state index contributed by atoms with van der Waals surface area (Å²) in [6.45, 7) is 13.2. The van der Waals surface area contributed by atoms with Crippen LogP contribution in [-0.2, 0) is 0 Å². The van der Waals surface area contributed by atoms with Crippen molar-refractivity contribution >= 4 is 12.6 Å². The zero-order valence-corrected chi connectivity index (χ0v) is 17.9. The van der Waals surface area contributed by atoms with E-state index >= 15 is 0 Å². The van der Waals surface area contributed by atoms with Crippen molar-refractivity contribution in [2.24, 2.45) is 29.1 Å². The van der Waals surface area contributed by atoms with E-state index in [2.05, 4.69) is 33.1 Å². The van der Waals surface area contributed by atoms with Gasteiger partial charge in [0.2, 0.25) is 0 Å². The van der Waals surface area contributed by atoms with E-state index in [4.69, 9.17) is 12.6 Å². The Balaban J connectivity index is 1.52. The van der Waals surface area contributed by atoms with Gasteiger partial charge >= 0.3 is 0 Å². The summed E-state index contributed by atoms with van der Waals surface area (Å²) in [5, 5.41) is 0. The summed E-state index contributed by atoms with van der Waals surface area (Å²) in [6, 6.07) is 0. The van der Waals surface area contributed by atoms with Gasteiger partial charge < -0.3 is 0 Å². The Morgan fingerprint density at radius 2 is 1.96 bits per heavy atom. The van der Waals surface area contributed by atoms with Crippen molar-refractivity contribution in [3.05, 3.63) is 36.0 Å². The van der Waals surface area contributed by atoms with Crippen molar-refractivity contribution < 1.29 is 0 Å². The number of thiol groups is 1. The molecule has 144 valence electrons. The van der Waals surface area contributed by atoms with Crippen LogP contribution in [0.3, 0.4) is 0 Å². The van der Waals surface area contributed by atoms with Crippen LogP contribution in [-0.4, -0.2) is 4.75 Å². The first kappa shape index (κ1) is 18.9. The average Bonchev–Trinajstić information content (AvgIpc) is 2.92. The van der Waals surface area contributed by atoms with Gasteiger partial charge in [-0.2, -0.15) is 12.6 Å². The summed E-state index contributed by atoms with van der Waals surface area (Å²) in [6.07, 6.45) is 17.3. The van der Waals surface area contributed by atoms with Gasteiger partial charge in [0.05, 0.1) is 0 Å². The zero-order valence-electron chi connectivity index (χ0n) is 17.0. The van der Waals surface area contributed by atoms with E-state index in [0.717, 1.165) is 30.1 Å². The molecule has 4 aliphatic rings. The van der Waals surface area contributed by atoms with Gasteiger partial charge in [0, 0.05) is 4.75 Å². The highest BCUT2D eigenvalue weighted by molar-refractivity contribution is 7.82. The summed E-state index contributed by atoms with van der Waals surface area (Å²) in [5.41, 5.74) is 4.91. The molecule has 0 aromatic carbocycles. The molecule has 3 fully saturated rings. The third kappa shape index (κ3) is 2.97. The monoisotopic (exact) mass is 370 g/mol. The second-order valence-electron chi connectivity index (χ2n) is 10.3. The van der Waals surface area contributed by atoms with Crippen molar-refractivity contribution in [2.45, 2.75) is 89.2 Å².